The molecule has 0 unspecified atom stereocenters. The predicted octanol–water partition coefficient (Wildman–Crippen LogP) is 2.78. The second kappa shape index (κ2) is 9.46. The molecule has 0 aliphatic rings. The Kier molecular flexibility index (Phi) is 7.02. The van der Waals surface area contributed by atoms with Crippen LogP contribution in [-0.4, -0.2) is 39.2 Å². The summed E-state index contributed by atoms with van der Waals surface area (Å²) >= 11 is 0. The van der Waals surface area contributed by atoms with Gasteiger partial charge in [0.15, 0.2) is 18.1 Å². The van der Waals surface area contributed by atoms with Crippen LogP contribution in [0.25, 0.3) is 0 Å². The molecule has 138 valence electrons. The van der Waals surface area contributed by atoms with E-state index >= 15 is 0 Å². The first-order valence-electron chi connectivity index (χ1n) is 8.26. The number of rotatable bonds is 8. The van der Waals surface area contributed by atoms with Gasteiger partial charge >= 0.3 is 5.97 Å². The van der Waals surface area contributed by atoms with Crippen molar-refractivity contribution in [1.82, 2.24) is 5.32 Å². The summed E-state index contributed by atoms with van der Waals surface area (Å²) in [5.41, 5.74) is 1.42. The Morgan fingerprint density at radius 3 is 2.35 bits per heavy atom. The molecule has 2 aromatic rings. The SMILES string of the molecule is COc1ccc(C(=O)OCC(=O)NC[C@H](C)c2ccccc2)cc1OC. The van der Waals surface area contributed by atoms with Gasteiger partial charge < -0.3 is 19.5 Å². The normalized spacial score (nSPS) is 11.3. The third-order valence-electron chi connectivity index (χ3n) is 3.93. The highest BCUT2D eigenvalue weighted by Gasteiger charge is 2.14. The fourth-order valence-electron chi connectivity index (χ4n) is 2.40. The van der Waals surface area contributed by atoms with Crippen LogP contribution in [-0.2, 0) is 9.53 Å². The number of carbonyl (C=O) groups excluding carboxylic acids is 2. The summed E-state index contributed by atoms with van der Waals surface area (Å²) in [6.45, 7) is 2.15. The number of hydrogen-bond acceptors (Lipinski definition) is 5. The number of nitrogens with one attached hydrogen (secondary N) is 1. The van der Waals surface area contributed by atoms with Gasteiger partial charge in [-0.05, 0) is 29.7 Å². The molecule has 0 aliphatic heterocycles. The van der Waals surface area contributed by atoms with Gasteiger partial charge in [-0.2, -0.15) is 0 Å². The Bertz CT molecular complexity index is 745. The molecular weight excluding hydrogens is 334 g/mol. The maximum atomic E-state index is 12.1. The van der Waals surface area contributed by atoms with Crippen LogP contribution < -0.4 is 14.8 Å². The first-order valence-corrected chi connectivity index (χ1v) is 8.26. The number of esters is 1. The van der Waals surface area contributed by atoms with E-state index in [0.29, 0.717) is 18.0 Å². The van der Waals surface area contributed by atoms with Crippen molar-refractivity contribution >= 4 is 11.9 Å². The Morgan fingerprint density at radius 2 is 1.69 bits per heavy atom. The van der Waals surface area contributed by atoms with Gasteiger partial charge in [0.25, 0.3) is 5.91 Å². The smallest absolute Gasteiger partial charge is 0.338 e. The Labute approximate surface area is 153 Å². The molecule has 0 saturated carbocycles. The highest BCUT2D eigenvalue weighted by molar-refractivity contribution is 5.92. The average molecular weight is 357 g/mol. The predicted molar refractivity (Wildman–Crippen MR) is 97.7 cm³/mol. The van der Waals surface area contributed by atoms with Gasteiger partial charge in [0.1, 0.15) is 0 Å². The fourth-order valence-corrected chi connectivity index (χ4v) is 2.40. The van der Waals surface area contributed by atoms with E-state index < -0.39 is 5.97 Å². The molecule has 2 aromatic carbocycles. The third-order valence-corrected chi connectivity index (χ3v) is 3.93. The van der Waals surface area contributed by atoms with Crippen LogP contribution in [0, 0.1) is 0 Å². The summed E-state index contributed by atoms with van der Waals surface area (Å²) in [6, 6.07) is 14.5. The minimum atomic E-state index is -0.600. The van der Waals surface area contributed by atoms with Crippen LogP contribution in [0.1, 0.15) is 28.8 Å². The van der Waals surface area contributed by atoms with Gasteiger partial charge in [0.05, 0.1) is 19.8 Å². The molecule has 6 nitrogen and oxygen atoms in total. The quantitative estimate of drug-likeness (QED) is 0.736. The van der Waals surface area contributed by atoms with Crippen molar-refractivity contribution in [2.45, 2.75) is 12.8 Å². The second-order valence-electron chi connectivity index (χ2n) is 5.76. The van der Waals surface area contributed by atoms with Crippen molar-refractivity contribution < 1.29 is 23.8 Å². The summed E-state index contributed by atoms with van der Waals surface area (Å²) in [6.07, 6.45) is 0. The van der Waals surface area contributed by atoms with Gasteiger partial charge in [-0.25, -0.2) is 4.79 Å². The molecule has 1 N–H and O–H groups in total. The van der Waals surface area contributed by atoms with Crippen molar-refractivity contribution in [2.24, 2.45) is 0 Å². The zero-order valence-electron chi connectivity index (χ0n) is 15.2. The van der Waals surface area contributed by atoms with E-state index in [1.54, 1.807) is 12.1 Å². The summed E-state index contributed by atoms with van der Waals surface area (Å²) in [5.74, 6) is 0.153. The van der Waals surface area contributed by atoms with E-state index in [-0.39, 0.29) is 24.0 Å². The van der Waals surface area contributed by atoms with E-state index in [1.165, 1.54) is 20.3 Å². The topological polar surface area (TPSA) is 73.9 Å². The lowest BCUT2D eigenvalue weighted by molar-refractivity contribution is -0.124. The van der Waals surface area contributed by atoms with E-state index in [9.17, 15) is 9.59 Å². The summed E-state index contributed by atoms with van der Waals surface area (Å²) in [7, 11) is 2.99. The van der Waals surface area contributed by atoms with Crippen molar-refractivity contribution in [1.29, 1.82) is 0 Å². The van der Waals surface area contributed by atoms with Crippen LogP contribution in [0.2, 0.25) is 0 Å². The molecule has 2 rings (SSSR count). The van der Waals surface area contributed by atoms with Crippen molar-refractivity contribution in [3.05, 3.63) is 59.7 Å². The fraction of sp³-hybridized carbons (Fsp3) is 0.300. The van der Waals surface area contributed by atoms with E-state index in [0.717, 1.165) is 5.56 Å². The minimum absolute atomic E-state index is 0.168. The van der Waals surface area contributed by atoms with E-state index in [4.69, 9.17) is 14.2 Å². The van der Waals surface area contributed by atoms with E-state index in [2.05, 4.69) is 5.32 Å². The monoisotopic (exact) mass is 357 g/mol. The number of amides is 1. The third kappa shape index (κ3) is 5.24. The number of benzene rings is 2. The highest BCUT2D eigenvalue weighted by Crippen LogP contribution is 2.27. The number of hydrogen-bond donors (Lipinski definition) is 1. The van der Waals surface area contributed by atoms with Crippen LogP contribution >= 0.6 is 0 Å². The Morgan fingerprint density at radius 1 is 1.00 bits per heavy atom. The maximum Gasteiger partial charge on any atom is 0.338 e. The van der Waals surface area contributed by atoms with Crippen molar-refractivity contribution in [2.75, 3.05) is 27.4 Å². The molecule has 0 heterocycles. The lowest BCUT2D eigenvalue weighted by Gasteiger charge is -2.13. The van der Waals surface area contributed by atoms with Crippen LogP contribution in [0.5, 0.6) is 11.5 Å². The molecule has 0 saturated heterocycles. The van der Waals surface area contributed by atoms with Gasteiger partial charge in [0, 0.05) is 6.54 Å². The number of ether oxygens (including phenoxy) is 3. The van der Waals surface area contributed by atoms with Gasteiger partial charge in [0.2, 0.25) is 0 Å². The van der Waals surface area contributed by atoms with E-state index in [1.807, 2.05) is 37.3 Å². The van der Waals surface area contributed by atoms with Crippen LogP contribution in [0.15, 0.2) is 48.5 Å². The molecule has 0 aromatic heterocycles. The lowest BCUT2D eigenvalue weighted by atomic mass is 10.0. The molecular formula is C20H23NO5. The van der Waals surface area contributed by atoms with Gasteiger partial charge in [-0.3, -0.25) is 4.79 Å². The molecule has 26 heavy (non-hydrogen) atoms. The maximum absolute atomic E-state index is 12.1. The zero-order valence-corrected chi connectivity index (χ0v) is 15.2. The molecule has 0 fully saturated rings. The molecule has 1 atom stereocenters. The van der Waals surface area contributed by atoms with Crippen molar-refractivity contribution in [3.8, 4) is 11.5 Å². The summed E-state index contributed by atoms with van der Waals surface area (Å²) in [5, 5.41) is 2.77. The molecule has 0 spiro atoms. The molecule has 6 heteroatoms. The summed E-state index contributed by atoms with van der Waals surface area (Å²) in [4.78, 5) is 24.0. The largest absolute Gasteiger partial charge is 0.493 e. The van der Waals surface area contributed by atoms with Gasteiger partial charge in [-0.1, -0.05) is 37.3 Å². The van der Waals surface area contributed by atoms with Gasteiger partial charge in [-0.15, -0.1) is 0 Å². The van der Waals surface area contributed by atoms with Crippen LogP contribution in [0.3, 0.4) is 0 Å². The zero-order chi connectivity index (χ0) is 18.9. The first kappa shape index (κ1) is 19.3. The first-order chi connectivity index (χ1) is 12.5. The number of carbonyl (C=O) groups is 2. The van der Waals surface area contributed by atoms with Crippen molar-refractivity contribution in [3.63, 3.8) is 0 Å². The number of methoxy groups -OCH3 is 2. The second-order valence-corrected chi connectivity index (χ2v) is 5.76. The average Bonchev–Trinajstić information content (AvgIpc) is 2.70. The molecule has 0 aliphatic carbocycles. The highest BCUT2D eigenvalue weighted by atomic mass is 16.5. The molecule has 1 amide bonds. The minimum Gasteiger partial charge on any atom is -0.493 e. The van der Waals surface area contributed by atoms with Crippen LogP contribution in [0.4, 0.5) is 0 Å². The Balaban J connectivity index is 1.82. The molecule has 0 radical (unpaired) electrons. The Hall–Kier alpha value is -3.02. The molecule has 0 bridgehead atoms. The summed E-state index contributed by atoms with van der Waals surface area (Å²) < 4.78 is 15.3. The standard InChI is InChI=1S/C20H23NO5/c1-14(15-7-5-4-6-8-15)12-21-19(22)13-26-20(23)16-9-10-17(24-2)18(11-16)25-3/h4-11,14H,12-13H2,1-3H3,(H,21,22)/t14-/m0/s1. The lowest BCUT2D eigenvalue weighted by Crippen LogP contribution is -2.31.